The second-order valence-corrected chi connectivity index (χ2v) is 8.40. The van der Waals surface area contributed by atoms with Crippen molar-refractivity contribution in [3.8, 4) is 0 Å². The molecule has 2 unspecified atom stereocenters. The quantitative estimate of drug-likeness (QED) is 0.525. The molecule has 1 aliphatic rings. The van der Waals surface area contributed by atoms with Gasteiger partial charge in [0.05, 0.1) is 5.41 Å². The van der Waals surface area contributed by atoms with Gasteiger partial charge in [-0.2, -0.15) is 0 Å². The van der Waals surface area contributed by atoms with Crippen LogP contribution in [-0.4, -0.2) is 24.8 Å². The first kappa shape index (κ1) is 22.0. The Morgan fingerprint density at radius 3 is 2.28 bits per heavy atom. The third-order valence-electron chi connectivity index (χ3n) is 5.62. The number of ether oxygens (including phenoxy) is 1. The number of carboxylic acid groups (broad SMARTS) is 1. The van der Waals surface area contributed by atoms with E-state index < -0.39 is 11.4 Å². The van der Waals surface area contributed by atoms with E-state index in [9.17, 15) is 9.90 Å². The fourth-order valence-corrected chi connectivity index (χ4v) is 4.14. The largest absolute Gasteiger partial charge is 0.481 e. The molecule has 0 amide bonds. The lowest BCUT2D eigenvalue weighted by molar-refractivity contribution is -0.156. The Hall–Kier alpha value is -1.09. The van der Waals surface area contributed by atoms with Crippen LogP contribution in [0.4, 0.5) is 0 Å². The molecule has 0 radical (unpaired) electrons. The molecular formula is C22H38O3. The Labute approximate surface area is 154 Å². The van der Waals surface area contributed by atoms with Gasteiger partial charge in [-0.15, -0.1) is 0 Å². The molecular weight excluding hydrogens is 312 g/mol. The number of hydrogen-bond acceptors (Lipinski definition) is 2. The molecule has 0 spiro atoms. The van der Waals surface area contributed by atoms with Crippen LogP contribution >= 0.6 is 0 Å². The highest BCUT2D eigenvalue weighted by Gasteiger charge is 2.54. The van der Waals surface area contributed by atoms with E-state index in [0.717, 1.165) is 44.9 Å². The predicted molar refractivity (Wildman–Crippen MR) is 105 cm³/mol. The van der Waals surface area contributed by atoms with Gasteiger partial charge in [-0.05, 0) is 37.5 Å². The summed E-state index contributed by atoms with van der Waals surface area (Å²) >= 11 is 0. The van der Waals surface area contributed by atoms with Crippen LogP contribution < -0.4 is 0 Å². The molecule has 0 aromatic rings. The number of allylic oxidation sites excluding steroid dienone is 3. The Bertz CT molecular complexity index is 496. The summed E-state index contributed by atoms with van der Waals surface area (Å²) in [6.07, 6.45) is 11.6. The summed E-state index contributed by atoms with van der Waals surface area (Å²) in [7, 11) is 1.69. The van der Waals surface area contributed by atoms with Crippen molar-refractivity contribution in [2.45, 2.75) is 79.6 Å². The molecule has 0 aliphatic heterocycles. The number of carbonyl (C=O) groups is 1. The molecule has 0 aromatic carbocycles. The number of rotatable bonds is 10. The van der Waals surface area contributed by atoms with Gasteiger partial charge in [0.2, 0.25) is 0 Å². The summed E-state index contributed by atoms with van der Waals surface area (Å²) in [5.41, 5.74) is 1.29. The standard InChI is InChI=1S/C22H38O3/c1-7-9-11-17-15-18(12-10-8-2)19(13-14-25-6)22(16-17,20(23)24)21(3,4)5/h15-16,19H,7-14H2,1-6H3,(H,23,24). The lowest BCUT2D eigenvalue weighted by Gasteiger charge is -2.48. The minimum absolute atomic E-state index is 0.00174. The number of unbranched alkanes of at least 4 members (excludes halogenated alkanes) is 2. The average Bonchev–Trinajstić information content (AvgIpc) is 2.54. The van der Waals surface area contributed by atoms with Gasteiger partial charge >= 0.3 is 5.97 Å². The molecule has 2 atom stereocenters. The number of carboxylic acids is 1. The summed E-state index contributed by atoms with van der Waals surface area (Å²) in [5, 5.41) is 10.4. The van der Waals surface area contributed by atoms with Crippen LogP contribution in [0.2, 0.25) is 0 Å². The Morgan fingerprint density at radius 2 is 1.80 bits per heavy atom. The van der Waals surface area contributed by atoms with E-state index in [1.54, 1.807) is 7.11 Å². The maximum atomic E-state index is 12.6. The first-order valence-electron chi connectivity index (χ1n) is 9.89. The van der Waals surface area contributed by atoms with Crippen LogP contribution in [0.3, 0.4) is 0 Å². The number of hydrogen-bond donors (Lipinski definition) is 1. The fraction of sp³-hybridized carbons (Fsp3) is 0.773. The minimum atomic E-state index is -0.869. The van der Waals surface area contributed by atoms with E-state index in [2.05, 4.69) is 46.8 Å². The maximum absolute atomic E-state index is 12.6. The van der Waals surface area contributed by atoms with E-state index in [4.69, 9.17) is 4.74 Å². The first-order valence-corrected chi connectivity index (χ1v) is 9.89. The van der Waals surface area contributed by atoms with Crippen LogP contribution in [0.1, 0.15) is 79.6 Å². The molecule has 0 aromatic heterocycles. The van der Waals surface area contributed by atoms with E-state index in [0.29, 0.717) is 6.61 Å². The van der Waals surface area contributed by atoms with Gasteiger partial charge in [0.1, 0.15) is 0 Å². The highest BCUT2D eigenvalue weighted by molar-refractivity contribution is 5.80. The highest BCUT2D eigenvalue weighted by Crippen LogP contribution is 2.54. The van der Waals surface area contributed by atoms with Gasteiger partial charge in [-0.1, -0.05) is 70.8 Å². The summed E-state index contributed by atoms with van der Waals surface area (Å²) in [4.78, 5) is 12.6. The topological polar surface area (TPSA) is 46.5 Å². The summed E-state index contributed by atoms with van der Waals surface area (Å²) in [5.74, 6) is -0.695. The third kappa shape index (κ3) is 4.97. The monoisotopic (exact) mass is 350 g/mol. The van der Waals surface area contributed by atoms with Crippen LogP contribution in [0, 0.1) is 16.7 Å². The lowest BCUT2D eigenvalue weighted by Crippen LogP contribution is -2.49. The van der Waals surface area contributed by atoms with Gasteiger partial charge in [-0.3, -0.25) is 4.79 Å². The highest BCUT2D eigenvalue weighted by atomic mass is 16.5. The average molecular weight is 351 g/mol. The first-order chi connectivity index (χ1) is 11.7. The van der Waals surface area contributed by atoms with Gasteiger partial charge in [0.25, 0.3) is 0 Å². The van der Waals surface area contributed by atoms with Gasteiger partial charge in [-0.25, -0.2) is 0 Å². The Morgan fingerprint density at radius 1 is 1.20 bits per heavy atom. The van der Waals surface area contributed by atoms with Gasteiger partial charge < -0.3 is 9.84 Å². The van der Waals surface area contributed by atoms with E-state index >= 15 is 0 Å². The van der Waals surface area contributed by atoms with Crippen molar-refractivity contribution in [1.82, 2.24) is 0 Å². The SMILES string of the molecule is CCCCC1=CC(C(=O)O)(C(C)(C)C)C(CCOC)C(CCCC)=C1. The van der Waals surface area contributed by atoms with Crippen LogP contribution in [0.5, 0.6) is 0 Å². The molecule has 0 fully saturated rings. The Kier molecular flexibility index (Phi) is 8.40. The number of methoxy groups -OCH3 is 1. The van der Waals surface area contributed by atoms with E-state index in [1.165, 1.54) is 11.1 Å². The molecule has 3 heteroatoms. The summed E-state index contributed by atoms with van der Waals surface area (Å²) < 4.78 is 5.33. The molecule has 0 bridgehead atoms. The van der Waals surface area contributed by atoms with Crippen molar-refractivity contribution < 1.29 is 14.6 Å². The molecule has 0 saturated carbocycles. The van der Waals surface area contributed by atoms with Crippen molar-refractivity contribution in [1.29, 1.82) is 0 Å². The molecule has 0 saturated heterocycles. The Balaban J connectivity index is 3.45. The maximum Gasteiger partial charge on any atom is 0.314 e. The van der Waals surface area contributed by atoms with Gasteiger partial charge in [0.15, 0.2) is 0 Å². The van der Waals surface area contributed by atoms with Crippen molar-refractivity contribution in [3.05, 3.63) is 23.3 Å². The molecule has 1 aliphatic carbocycles. The van der Waals surface area contributed by atoms with E-state index in [1.807, 2.05) is 0 Å². The predicted octanol–water partition coefficient (Wildman–Crippen LogP) is 6.00. The lowest BCUT2D eigenvalue weighted by atomic mass is 9.54. The van der Waals surface area contributed by atoms with E-state index in [-0.39, 0.29) is 11.3 Å². The second kappa shape index (κ2) is 9.56. The zero-order valence-corrected chi connectivity index (χ0v) is 17.2. The van der Waals surface area contributed by atoms with Crippen molar-refractivity contribution >= 4 is 5.97 Å². The normalized spacial score (nSPS) is 24.0. The molecule has 25 heavy (non-hydrogen) atoms. The molecule has 1 rings (SSSR count). The van der Waals surface area contributed by atoms with Gasteiger partial charge in [0, 0.05) is 19.6 Å². The van der Waals surface area contributed by atoms with Crippen molar-refractivity contribution in [3.63, 3.8) is 0 Å². The smallest absolute Gasteiger partial charge is 0.314 e. The number of aliphatic carboxylic acids is 1. The zero-order chi connectivity index (χ0) is 19.1. The van der Waals surface area contributed by atoms with Crippen LogP contribution in [0.25, 0.3) is 0 Å². The van der Waals surface area contributed by atoms with Crippen molar-refractivity contribution in [2.75, 3.05) is 13.7 Å². The molecule has 0 heterocycles. The fourth-order valence-electron chi connectivity index (χ4n) is 4.14. The molecule has 1 N–H and O–H groups in total. The second-order valence-electron chi connectivity index (χ2n) is 8.40. The molecule has 3 nitrogen and oxygen atoms in total. The minimum Gasteiger partial charge on any atom is -0.481 e. The third-order valence-corrected chi connectivity index (χ3v) is 5.62. The summed E-state index contributed by atoms with van der Waals surface area (Å²) in [6.45, 7) is 11.2. The van der Waals surface area contributed by atoms with Crippen molar-refractivity contribution in [2.24, 2.45) is 16.7 Å². The summed E-state index contributed by atoms with van der Waals surface area (Å²) in [6, 6.07) is 0. The van der Waals surface area contributed by atoms with Crippen LogP contribution in [0.15, 0.2) is 23.3 Å². The molecule has 144 valence electrons. The van der Waals surface area contributed by atoms with Crippen LogP contribution in [-0.2, 0) is 9.53 Å². The zero-order valence-electron chi connectivity index (χ0n) is 17.2.